The van der Waals surface area contributed by atoms with E-state index in [1.54, 1.807) is 16.2 Å². The molecule has 0 unspecified atom stereocenters. The van der Waals surface area contributed by atoms with Crippen molar-refractivity contribution in [2.45, 2.75) is 32.4 Å². The van der Waals surface area contributed by atoms with Crippen LogP contribution in [0.1, 0.15) is 40.6 Å². The summed E-state index contributed by atoms with van der Waals surface area (Å²) >= 11 is 1.63. The minimum atomic E-state index is -0.106. The monoisotopic (exact) mass is 381 g/mol. The summed E-state index contributed by atoms with van der Waals surface area (Å²) in [5.41, 5.74) is 3.26. The van der Waals surface area contributed by atoms with E-state index in [0.717, 1.165) is 42.9 Å². The van der Waals surface area contributed by atoms with Gasteiger partial charge in [0.1, 0.15) is 0 Å². The van der Waals surface area contributed by atoms with Gasteiger partial charge in [-0.25, -0.2) is 4.68 Å². The normalized spacial score (nSPS) is 15.0. The summed E-state index contributed by atoms with van der Waals surface area (Å²) in [7, 11) is 0. The molecule has 1 aromatic carbocycles. The van der Waals surface area contributed by atoms with Crippen molar-refractivity contribution in [3.63, 3.8) is 0 Å². The molecule has 0 radical (unpaired) electrons. The number of benzene rings is 1. The second-order valence-corrected chi connectivity index (χ2v) is 7.59. The molecule has 1 aliphatic heterocycles. The zero-order valence-corrected chi connectivity index (χ0v) is 16.2. The molecule has 1 aliphatic rings. The van der Waals surface area contributed by atoms with Crippen LogP contribution in [0.15, 0.2) is 47.2 Å². The smallest absolute Gasteiger partial charge is 0.281 e. The minimum absolute atomic E-state index is 0.106. The number of nitrogens with one attached hydrogen (secondary N) is 1. The van der Waals surface area contributed by atoms with E-state index in [2.05, 4.69) is 21.0 Å². The van der Waals surface area contributed by atoms with Gasteiger partial charge >= 0.3 is 0 Å². The SMILES string of the molecule is Cc1c(C(=O)N(Cc2ccsc2)c2ccccc2)nnn1C1CCNCC1. The van der Waals surface area contributed by atoms with E-state index in [1.807, 2.05) is 53.4 Å². The Hall–Kier alpha value is -2.51. The van der Waals surface area contributed by atoms with Gasteiger partial charge in [0, 0.05) is 5.69 Å². The summed E-state index contributed by atoms with van der Waals surface area (Å²) in [4.78, 5) is 15.2. The number of amides is 1. The van der Waals surface area contributed by atoms with E-state index in [0.29, 0.717) is 18.3 Å². The molecule has 1 saturated heterocycles. The van der Waals surface area contributed by atoms with E-state index in [9.17, 15) is 4.79 Å². The maximum Gasteiger partial charge on any atom is 0.281 e. The van der Waals surface area contributed by atoms with Gasteiger partial charge < -0.3 is 10.2 Å². The van der Waals surface area contributed by atoms with Crippen LogP contribution in [0.2, 0.25) is 0 Å². The lowest BCUT2D eigenvalue weighted by atomic mass is 10.1. The van der Waals surface area contributed by atoms with Crippen molar-refractivity contribution in [1.82, 2.24) is 20.3 Å². The largest absolute Gasteiger partial charge is 0.317 e. The molecule has 0 spiro atoms. The third kappa shape index (κ3) is 3.79. The van der Waals surface area contributed by atoms with Crippen LogP contribution in [0.25, 0.3) is 0 Å². The van der Waals surface area contributed by atoms with E-state index in [-0.39, 0.29) is 5.91 Å². The number of para-hydroxylation sites is 1. The zero-order valence-electron chi connectivity index (χ0n) is 15.3. The van der Waals surface area contributed by atoms with E-state index in [1.165, 1.54) is 0 Å². The lowest BCUT2D eigenvalue weighted by Gasteiger charge is -2.24. The van der Waals surface area contributed by atoms with Gasteiger partial charge in [0.25, 0.3) is 5.91 Å². The Labute approximate surface area is 162 Å². The predicted octanol–water partition coefficient (Wildman–Crippen LogP) is 3.42. The van der Waals surface area contributed by atoms with Gasteiger partial charge in [-0.2, -0.15) is 11.3 Å². The molecule has 1 N–H and O–H groups in total. The lowest BCUT2D eigenvalue weighted by molar-refractivity contribution is 0.0979. The first kappa shape index (κ1) is 17.9. The molecular formula is C20H23N5OS. The Balaban J connectivity index is 1.64. The molecule has 0 bridgehead atoms. The molecule has 0 atom stereocenters. The van der Waals surface area contributed by atoms with Crippen LogP contribution in [0.3, 0.4) is 0 Å². The lowest BCUT2D eigenvalue weighted by Crippen LogP contribution is -2.32. The fraction of sp³-hybridized carbons (Fsp3) is 0.350. The van der Waals surface area contributed by atoms with Crippen molar-refractivity contribution in [3.05, 3.63) is 64.1 Å². The van der Waals surface area contributed by atoms with Crippen molar-refractivity contribution < 1.29 is 4.79 Å². The van der Waals surface area contributed by atoms with Crippen LogP contribution in [0.4, 0.5) is 5.69 Å². The number of carbonyl (C=O) groups excluding carboxylic acids is 1. The molecule has 140 valence electrons. The molecule has 4 rings (SSSR count). The quantitative estimate of drug-likeness (QED) is 0.736. The van der Waals surface area contributed by atoms with E-state index < -0.39 is 0 Å². The second kappa shape index (κ2) is 8.02. The highest BCUT2D eigenvalue weighted by Gasteiger charge is 2.27. The minimum Gasteiger partial charge on any atom is -0.317 e. The number of rotatable bonds is 5. The maximum absolute atomic E-state index is 13.4. The highest BCUT2D eigenvalue weighted by molar-refractivity contribution is 7.07. The van der Waals surface area contributed by atoms with Crippen LogP contribution in [0.5, 0.6) is 0 Å². The standard InChI is InChI=1S/C20H23N5OS/c1-15-19(22-23-25(15)18-7-10-21-11-8-18)20(26)24(13-16-9-12-27-14-16)17-5-3-2-4-6-17/h2-6,9,12,14,18,21H,7-8,10-11,13H2,1H3. The Morgan fingerprint density at radius 2 is 2.04 bits per heavy atom. The Bertz CT molecular complexity index is 885. The van der Waals surface area contributed by atoms with Gasteiger partial charge in [-0.3, -0.25) is 4.79 Å². The van der Waals surface area contributed by atoms with Crippen molar-refractivity contribution in [1.29, 1.82) is 0 Å². The van der Waals surface area contributed by atoms with E-state index in [4.69, 9.17) is 0 Å². The van der Waals surface area contributed by atoms with Gasteiger partial charge in [-0.15, -0.1) is 5.10 Å². The molecule has 7 heteroatoms. The number of anilines is 1. The highest BCUT2D eigenvalue weighted by atomic mass is 32.1. The van der Waals surface area contributed by atoms with Crippen LogP contribution in [-0.2, 0) is 6.54 Å². The summed E-state index contributed by atoms with van der Waals surface area (Å²) in [6, 6.07) is 12.1. The van der Waals surface area contributed by atoms with Crippen LogP contribution >= 0.6 is 11.3 Å². The average Bonchev–Trinajstić information content (AvgIpc) is 3.36. The van der Waals surface area contributed by atoms with Gasteiger partial charge in [-0.1, -0.05) is 23.4 Å². The van der Waals surface area contributed by atoms with Crippen LogP contribution in [-0.4, -0.2) is 34.0 Å². The summed E-state index contributed by atoms with van der Waals surface area (Å²) < 4.78 is 1.93. The summed E-state index contributed by atoms with van der Waals surface area (Å²) in [6.45, 7) is 4.41. The number of hydrogen-bond donors (Lipinski definition) is 1. The Morgan fingerprint density at radius 3 is 2.74 bits per heavy atom. The average molecular weight is 382 g/mol. The first-order valence-electron chi connectivity index (χ1n) is 9.24. The van der Waals surface area contributed by atoms with Crippen LogP contribution in [0, 0.1) is 6.92 Å². The first-order chi connectivity index (χ1) is 13.2. The van der Waals surface area contributed by atoms with E-state index >= 15 is 0 Å². The molecule has 1 amide bonds. The van der Waals surface area contributed by atoms with Gasteiger partial charge in [-0.05, 0) is 67.4 Å². The fourth-order valence-electron chi connectivity index (χ4n) is 3.52. The zero-order chi connectivity index (χ0) is 18.6. The molecule has 0 aliphatic carbocycles. The molecule has 3 aromatic rings. The molecule has 0 saturated carbocycles. The van der Waals surface area contributed by atoms with Gasteiger partial charge in [0.15, 0.2) is 5.69 Å². The van der Waals surface area contributed by atoms with Crippen molar-refractivity contribution in [2.75, 3.05) is 18.0 Å². The van der Waals surface area contributed by atoms with Gasteiger partial charge in [0.05, 0.1) is 18.3 Å². The molecular weight excluding hydrogens is 358 g/mol. The maximum atomic E-state index is 13.4. The van der Waals surface area contributed by atoms with Crippen LogP contribution < -0.4 is 10.2 Å². The van der Waals surface area contributed by atoms with Crippen molar-refractivity contribution in [2.24, 2.45) is 0 Å². The number of piperidine rings is 1. The summed E-state index contributed by atoms with van der Waals surface area (Å²) in [6.07, 6.45) is 2.02. The number of aromatic nitrogens is 3. The third-order valence-corrected chi connectivity index (χ3v) is 5.75. The second-order valence-electron chi connectivity index (χ2n) is 6.81. The van der Waals surface area contributed by atoms with Gasteiger partial charge in [0.2, 0.25) is 0 Å². The summed E-state index contributed by atoms with van der Waals surface area (Å²) in [5, 5.41) is 16.1. The summed E-state index contributed by atoms with van der Waals surface area (Å²) in [5.74, 6) is -0.106. The van der Waals surface area contributed by atoms with Crippen molar-refractivity contribution in [3.8, 4) is 0 Å². The first-order valence-corrected chi connectivity index (χ1v) is 10.2. The predicted molar refractivity (Wildman–Crippen MR) is 107 cm³/mol. The Kier molecular flexibility index (Phi) is 5.31. The number of thiophene rings is 1. The Morgan fingerprint density at radius 1 is 1.26 bits per heavy atom. The number of hydrogen-bond acceptors (Lipinski definition) is 5. The molecule has 2 aromatic heterocycles. The number of carbonyl (C=O) groups is 1. The molecule has 1 fully saturated rings. The number of nitrogens with zero attached hydrogens (tertiary/aromatic N) is 4. The molecule has 27 heavy (non-hydrogen) atoms. The molecule has 3 heterocycles. The highest BCUT2D eigenvalue weighted by Crippen LogP contribution is 2.24. The topological polar surface area (TPSA) is 63.1 Å². The fourth-order valence-corrected chi connectivity index (χ4v) is 4.18. The molecule has 6 nitrogen and oxygen atoms in total. The third-order valence-electron chi connectivity index (χ3n) is 5.02. The van der Waals surface area contributed by atoms with Crippen molar-refractivity contribution >= 4 is 22.9 Å².